The van der Waals surface area contributed by atoms with Gasteiger partial charge < -0.3 is 40.3 Å². The minimum Gasteiger partial charge on any atom is -0.380 e. The van der Waals surface area contributed by atoms with Crippen molar-refractivity contribution in [1.29, 1.82) is 0 Å². The number of carbonyl (C=O) groups is 2. The first-order valence-corrected chi connectivity index (χ1v) is 48.8. The fraction of sp³-hybridized carbons (Fsp3) is 0.368. The molecule has 0 bridgehead atoms. The highest BCUT2D eigenvalue weighted by atomic mass is 79.9. The summed E-state index contributed by atoms with van der Waals surface area (Å²) in [6, 6.07) is 43.6. The van der Waals surface area contributed by atoms with Crippen LogP contribution in [0.5, 0.6) is 0 Å². The predicted octanol–water partition coefficient (Wildman–Crippen LogP) is 20.8. The zero-order chi connectivity index (χ0) is 105. The van der Waals surface area contributed by atoms with Gasteiger partial charge >= 0.3 is 0 Å². The van der Waals surface area contributed by atoms with E-state index in [1.165, 1.54) is 42.9 Å². The summed E-state index contributed by atoms with van der Waals surface area (Å²) in [5.74, 6) is 0.978. The quantitative estimate of drug-likeness (QED) is 0.0188. The molecule has 143 heavy (non-hydrogen) atoms. The summed E-state index contributed by atoms with van der Waals surface area (Å²) in [6.07, 6.45) is 6.91. The largest absolute Gasteiger partial charge is 0.380 e. The number of benzene rings is 7. The third-order valence-corrected chi connectivity index (χ3v) is 25.0. The van der Waals surface area contributed by atoms with E-state index in [1.807, 2.05) is 113 Å². The monoisotopic (exact) mass is 2010 g/mol. The zero-order valence-electron chi connectivity index (χ0n) is 84.9. The lowest BCUT2D eigenvalue weighted by molar-refractivity contribution is -0.384. The van der Waals surface area contributed by atoms with E-state index in [-0.39, 0.29) is 78.7 Å². The predicted molar refractivity (Wildman–Crippen MR) is 584 cm³/mol. The molecule has 0 saturated carbocycles. The summed E-state index contributed by atoms with van der Waals surface area (Å²) < 4.78 is 6.23. The minimum atomic E-state index is -0.519. The normalized spacial score (nSPS) is 18.2. The molecule has 7 aromatic rings. The minimum absolute atomic E-state index is 0.0728. The van der Waals surface area contributed by atoms with Gasteiger partial charge in [0.2, 0.25) is 11.8 Å². The molecule has 1 saturated heterocycles. The van der Waals surface area contributed by atoms with Crippen molar-refractivity contribution < 1.29 is 34.0 Å². The molecule has 1 unspecified atom stereocenters. The highest BCUT2D eigenvalue weighted by Gasteiger charge is 2.31. The molecular formula is C106H136BrN25O11. The van der Waals surface area contributed by atoms with Crippen LogP contribution >= 0.6 is 15.9 Å². The Labute approximate surface area is 846 Å². The standard InChI is InChI=1S/2C16H22N4O2.C16H21N3O.C16H21N3.C14H16BrN3O.C14H16N4O3.C14H18N4O2/c2*1-5-19(6-2)14-8-7-13(10-15(14)20(21)22)16-11(3)9-12(4)17-18-16;1-12-11-13(2)17-18-16(12)14-3-5-15(6-4-14)19-7-9-20-10-8-19;1-5-19(6-2)15-9-7-14(8-10-15)16-12(3)11-13(4)17-18-16;1-8-6-9(2)17-18-14(8)11-4-5-13(12(15)7-11)16-10(3)19;1-8-6-9(2)16-17-14(8)11-4-5-12(15-10(3)19)13(7-11)18(20)21;1-4-15-12-6-5-11(8-13(12)18(19)20)14-9(2)7-10(3)16-17-14/h2*7-8,10-11,17H,4-6,9H2,1-3H3;3-6,12,17H,2,7-11H2,1H3;7-11,17H,4-6H2,1-3H3;4-5,7-8,17H,2,6H2,1,3H3,(H,16,19);4-5,7-8,16H,2,6H2,1,3H3,(H,15,19);5-6,8-9,15-16H,3-4,7H2,1-2H3/t11-;;12-;;2*8-;9-/m1.1.111/s1. The van der Waals surface area contributed by atoms with E-state index in [4.69, 9.17) is 4.74 Å². The molecule has 0 spiro atoms. The van der Waals surface area contributed by atoms with E-state index >= 15 is 0 Å². The van der Waals surface area contributed by atoms with E-state index in [2.05, 4.69) is 258 Å². The molecule has 0 aromatic heterocycles. The van der Waals surface area contributed by atoms with Crippen molar-refractivity contribution in [3.05, 3.63) is 321 Å². The van der Waals surface area contributed by atoms with Crippen LogP contribution in [0.2, 0.25) is 0 Å². The molecule has 0 aliphatic carbocycles. The molecule has 8 aliphatic heterocycles. The smallest absolute Gasteiger partial charge is 0.293 e. The number of amides is 2. The summed E-state index contributed by atoms with van der Waals surface area (Å²) in [7, 11) is 0. The Hall–Kier alpha value is -15.3. The van der Waals surface area contributed by atoms with Crippen molar-refractivity contribution in [1.82, 2.24) is 38.0 Å². The zero-order valence-corrected chi connectivity index (χ0v) is 86.5. The van der Waals surface area contributed by atoms with E-state index in [0.717, 1.165) is 228 Å². The van der Waals surface area contributed by atoms with Crippen molar-refractivity contribution in [2.75, 3.05) is 108 Å². The number of morpholine rings is 1. The summed E-state index contributed by atoms with van der Waals surface area (Å²) in [6.45, 7) is 67.7. The van der Waals surface area contributed by atoms with Crippen LogP contribution in [0.4, 0.5) is 62.6 Å². The Morgan fingerprint density at radius 2 is 0.699 bits per heavy atom. The van der Waals surface area contributed by atoms with Gasteiger partial charge in [0.15, 0.2) is 0 Å². The molecule has 1 fully saturated rings. The van der Waals surface area contributed by atoms with Gasteiger partial charge in [-0.3, -0.25) is 88.0 Å². The number of nitrogens with one attached hydrogen (secondary N) is 10. The van der Waals surface area contributed by atoms with E-state index in [9.17, 15) is 50.0 Å². The SMILES string of the molecule is C=C1C=C(C)C(c2ccc(N(CC)CC)cc2)=NN1.C=C1CC(C)C(c2ccc(N(CC)CC)c([N+](=O)[O-])c2)=NN1.C=C1C[C@@H](C)C(c2ccc(N(CC)CC)c([N+](=O)[O-])c2)=NN1.C=C1C[C@@H](C)C(c2ccc(N3CCOCC3)cc2)=NN1.C=C1C[C@@H](C)C(c2ccc(NC(C)=O)c(Br)c2)=NN1.C=C1C[C@@H](C)C(c2ccc(NC(C)=O)c([N+](=O)[O-])c2)=NN1.C=C1C[C@@H](C)C(c2ccc(NCC)c([N+](=O)[O-])c2)=NN1. The highest BCUT2D eigenvalue weighted by molar-refractivity contribution is 9.10. The number of hydrogen-bond acceptors (Lipinski definition) is 30. The van der Waals surface area contributed by atoms with Crippen LogP contribution in [-0.4, -0.2) is 144 Å². The highest BCUT2D eigenvalue weighted by Crippen LogP contribution is 2.37. The van der Waals surface area contributed by atoms with Crippen LogP contribution in [0.25, 0.3) is 0 Å². The maximum atomic E-state index is 11.4. The number of rotatable bonds is 25. The first-order chi connectivity index (χ1) is 68.2. The van der Waals surface area contributed by atoms with Crippen LogP contribution in [0.15, 0.2) is 277 Å². The number of allylic oxidation sites excluding steroid dienone is 8. The number of hydrogen-bond donors (Lipinski definition) is 10. The van der Waals surface area contributed by atoms with Gasteiger partial charge in [0, 0.05) is 216 Å². The molecule has 7 aromatic carbocycles. The lowest BCUT2D eigenvalue weighted by Gasteiger charge is -2.29. The topological polar surface area (TPSA) is 436 Å². The average molecular weight is 2020 g/mol. The van der Waals surface area contributed by atoms with Gasteiger partial charge in [-0.2, -0.15) is 35.7 Å². The lowest BCUT2D eigenvalue weighted by atomic mass is 9.93. The number of nitro benzene ring substituents is 4. The Morgan fingerprint density at radius 3 is 1.02 bits per heavy atom. The Kier molecular flexibility index (Phi) is 41.6. The van der Waals surface area contributed by atoms with E-state index in [1.54, 1.807) is 30.3 Å². The number of halogens is 1. The average Bonchev–Trinajstić information content (AvgIpc) is 0.791. The summed E-state index contributed by atoms with van der Waals surface area (Å²) in [4.78, 5) is 74.5. The summed E-state index contributed by atoms with van der Waals surface area (Å²) in [5.41, 5.74) is 45.8. The van der Waals surface area contributed by atoms with Gasteiger partial charge in [0.1, 0.15) is 22.7 Å². The Balaban J connectivity index is 0.000000186. The fourth-order valence-electron chi connectivity index (χ4n) is 17.2. The van der Waals surface area contributed by atoms with Crippen molar-refractivity contribution >= 4 is 130 Å². The molecule has 37 heteroatoms. The van der Waals surface area contributed by atoms with Gasteiger partial charge in [0.25, 0.3) is 22.7 Å². The Morgan fingerprint density at radius 1 is 0.399 bits per heavy atom. The molecule has 10 N–H and O–H groups in total. The van der Waals surface area contributed by atoms with Crippen LogP contribution in [0.1, 0.15) is 188 Å². The second-order valence-electron chi connectivity index (χ2n) is 35.5. The van der Waals surface area contributed by atoms with Gasteiger partial charge in [-0.15, -0.1) is 0 Å². The molecule has 2 amide bonds. The summed E-state index contributed by atoms with van der Waals surface area (Å²) >= 11 is 3.47. The molecule has 758 valence electrons. The molecule has 36 nitrogen and oxygen atoms in total. The van der Waals surface area contributed by atoms with Gasteiger partial charge in [-0.1, -0.05) is 142 Å². The van der Waals surface area contributed by atoms with Crippen molar-refractivity contribution in [2.45, 2.75) is 149 Å². The third kappa shape index (κ3) is 31.1. The third-order valence-electron chi connectivity index (χ3n) is 24.4. The second kappa shape index (κ2) is 53.4. The van der Waals surface area contributed by atoms with Crippen LogP contribution in [0, 0.1) is 76.0 Å². The molecule has 6 atom stereocenters. The fourth-order valence-corrected chi connectivity index (χ4v) is 17.7. The maximum absolute atomic E-state index is 11.4. The van der Waals surface area contributed by atoms with E-state index in [0.29, 0.717) is 41.0 Å². The second-order valence-corrected chi connectivity index (χ2v) is 36.4. The van der Waals surface area contributed by atoms with Crippen molar-refractivity contribution in [3.8, 4) is 0 Å². The number of hydrazone groups is 7. The molecule has 0 radical (unpaired) electrons. The van der Waals surface area contributed by atoms with E-state index < -0.39 is 4.92 Å². The van der Waals surface area contributed by atoms with Gasteiger partial charge in [-0.25, -0.2) is 0 Å². The first-order valence-electron chi connectivity index (χ1n) is 48.0. The summed E-state index contributed by atoms with van der Waals surface area (Å²) in [5, 5.41) is 83.6. The molecular weight excluding hydrogens is 1880 g/mol. The van der Waals surface area contributed by atoms with Crippen molar-refractivity contribution in [2.24, 2.45) is 71.2 Å². The maximum Gasteiger partial charge on any atom is 0.293 e. The number of anilines is 7. The molecule has 8 heterocycles. The van der Waals surface area contributed by atoms with Gasteiger partial charge in [0.05, 0.1) is 78.6 Å². The van der Waals surface area contributed by atoms with Crippen LogP contribution in [-0.2, 0) is 14.3 Å². The number of ether oxygens (including phenoxy) is 1. The van der Waals surface area contributed by atoms with Gasteiger partial charge in [-0.05, 0) is 193 Å². The molecule has 8 aliphatic rings. The number of nitrogens with zero attached hydrogens (tertiary/aromatic N) is 15. The number of nitro groups is 4. The van der Waals surface area contributed by atoms with Crippen LogP contribution in [0.3, 0.4) is 0 Å². The van der Waals surface area contributed by atoms with Crippen LogP contribution < -0.4 is 73.5 Å². The molecule has 15 rings (SSSR count). The van der Waals surface area contributed by atoms with Crippen molar-refractivity contribution in [3.63, 3.8) is 0 Å². The first kappa shape index (κ1) is 111. The number of carbonyl (C=O) groups excluding carboxylic acids is 2. The lowest BCUT2D eigenvalue weighted by Crippen LogP contribution is -2.36. The Bertz CT molecular complexity index is 6030.